The van der Waals surface area contributed by atoms with E-state index in [2.05, 4.69) is 10.5 Å². The predicted octanol–water partition coefficient (Wildman–Crippen LogP) is 4.44. The highest BCUT2D eigenvalue weighted by atomic mass is 16.6. The second-order valence-corrected chi connectivity index (χ2v) is 7.12. The van der Waals surface area contributed by atoms with Gasteiger partial charge < -0.3 is 9.47 Å². The topological polar surface area (TPSA) is 146 Å². The number of benzene rings is 3. The molecule has 11 heteroatoms. The van der Waals surface area contributed by atoms with Crippen LogP contribution in [0.1, 0.15) is 16.7 Å². The average molecular weight is 464 g/mol. The van der Waals surface area contributed by atoms with Gasteiger partial charge in [-0.05, 0) is 54.8 Å². The first-order valence-corrected chi connectivity index (χ1v) is 9.96. The molecule has 3 aromatic carbocycles. The number of ether oxygens (including phenoxy) is 2. The van der Waals surface area contributed by atoms with E-state index in [1.807, 2.05) is 26.0 Å². The van der Waals surface area contributed by atoms with Crippen molar-refractivity contribution in [3.8, 4) is 17.2 Å². The maximum Gasteiger partial charge on any atom is 0.318 e. The molecule has 11 nitrogen and oxygen atoms in total. The van der Waals surface area contributed by atoms with Gasteiger partial charge in [-0.2, -0.15) is 5.10 Å². The number of amides is 1. The van der Waals surface area contributed by atoms with E-state index in [0.29, 0.717) is 11.3 Å². The molecule has 0 aliphatic carbocycles. The zero-order chi connectivity index (χ0) is 24.7. The van der Waals surface area contributed by atoms with Crippen molar-refractivity contribution in [1.82, 2.24) is 5.43 Å². The molecule has 0 fully saturated rings. The molecule has 0 unspecified atom stereocenters. The van der Waals surface area contributed by atoms with Crippen LogP contribution in [0, 0.1) is 34.1 Å². The zero-order valence-electron chi connectivity index (χ0n) is 18.3. The van der Waals surface area contributed by atoms with E-state index in [9.17, 15) is 25.0 Å². The number of hydrazone groups is 1. The van der Waals surface area contributed by atoms with Gasteiger partial charge in [0.2, 0.25) is 5.75 Å². The molecular weight excluding hydrogens is 444 g/mol. The van der Waals surface area contributed by atoms with Crippen molar-refractivity contribution in [2.24, 2.45) is 5.10 Å². The van der Waals surface area contributed by atoms with Gasteiger partial charge in [-0.3, -0.25) is 25.0 Å². The number of non-ortho nitro benzene ring substituents is 1. The lowest BCUT2D eigenvalue weighted by atomic mass is 10.1. The Labute approximate surface area is 193 Å². The Morgan fingerprint density at radius 3 is 2.50 bits per heavy atom. The second kappa shape index (κ2) is 10.7. The molecular formula is C23H20N4O7. The van der Waals surface area contributed by atoms with Gasteiger partial charge in [0.1, 0.15) is 11.5 Å². The Kier molecular flexibility index (Phi) is 7.49. The Balaban J connectivity index is 1.62. The SMILES string of the molecule is Cc1cccc(OCC(=O)N/N=C/c2cccc(Oc3ccc([N+](=O)[O-])cc3[N+](=O)[O-])c2)c1C. The van der Waals surface area contributed by atoms with Crippen LogP contribution in [0.4, 0.5) is 11.4 Å². The summed E-state index contributed by atoms with van der Waals surface area (Å²) < 4.78 is 11.1. The summed E-state index contributed by atoms with van der Waals surface area (Å²) in [6, 6.07) is 15.1. The van der Waals surface area contributed by atoms with Gasteiger partial charge in [0.25, 0.3) is 11.6 Å². The van der Waals surface area contributed by atoms with E-state index in [1.165, 1.54) is 12.3 Å². The maximum absolute atomic E-state index is 12.0. The van der Waals surface area contributed by atoms with Crippen LogP contribution in [0.25, 0.3) is 0 Å². The lowest BCUT2D eigenvalue weighted by Crippen LogP contribution is -2.24. The van der Waals surface area contributed by atoms with Gasteiger partial charge in [-0.1, -0.05) is 24.3 Å². The molecule has 3 rings (SSSR count). The Morgan fingerprint density at radius 2 is 1.76 bits per heavy atom. The molecule has 34 heavy (non-hydrogen) atoms. The molecule has 0 radical (unpaired) electrons. The van der Waals surface area contributed by atoms with Crippen molar-refractivity contribution in [2.45, 2.75) is 13.8 Å². The first kappa shape index (κ1) is 23.9. The van der Waals surface area contributed by atoms with Crippen molar-refractivity contribution in [3.63, 3.8) is 0 Å². The Hall–Kier alpha value is -4.80. The van der Waals surface area contributed by atoms with Crippen molar-refractivity contribution in [2.75, 3.05) is 6.61 Å². The van der Waals surface area contributed by atoms with Crippen molar-refractivity contribution in [3.05, 3.63) is 97.6 Å². The van der Waals surface area contributed by atoms with Crippen LogP contribution in [0.15, 0.2) is 65.8 Å². The smallest absolute Gasteiger partial charge is 0.318 e. The predicted molar refractivity (Wildman–Crippen MR) is 123 cm³/mol. The number of hydrogen-bond acceptors (Lipinski definition) is 8. The number of nitro benzene ring substituents is 2. The number of carbonyl (C=O) groups is 1. The van der Waals surface area contributed by atoms with E-state index in [-0.39, 0.29) is 18.1 Å². The normalized spacial score (nSPS) is 10.6. The summed E-state index contributed by atoms with van der Waals surface area (Å²) in [4.78, 5) is 32.7. The molecule has 3 aromatic rings. The molecule has 0 spiro atoms. The molecule has 0 aromatic heterocycles. The lowest BCUT2D eigenvalue weighted by molar-refractivity contribution is -0.394. The summed E-state index contributed by atoms with van der Waals surface area (Å²) in [5.74, 6) is 0.252. The highest BCUT2D eigenvalue weighted by Crippen LogP contribution is 2.34. The van der Waals surface area contributed by atoms with Crippen molar-refractivity contribution in [1.29, 1.82) is 0 Å². The molecule has 0 aliphatic rings. The van der Waals surface area contributed by atoms with E-state index in [4.69, 9.17) is 9.47 Å². The van der Waals surface area contributed by atoms with E-state index < -0.39 is 27.1 Å². The summed E-state index contributed by atoms with van der Waals surface area (Å²) in [5.41, 5.74) is 3.94. The third-order valence-electron chi connectivity index (χ3n) is 4.75. The number of nitro groups is 2. The molecule has 0 saturated carbocycles. The fraction of sp³-hybridized carbons (Fsp3) is 0.130. The molecule has 174 valence electrons. The summed E-state index contributed by atoms with van der Waals surface area (Å²) in [5, 5.41) is 26.0. The fourth-order valence-electron chi connectivity index (χ4n) is 2.87. The highest BCUT2D eigenvalue weighted by molar-refractivity contribution is 5.83. The first-order valence-electron chi connectivity index (χ1n) is 9.96. The van der Waals surface area contributed by atoms with Gasteiger partial charge in [0.15, 0.2) is 6.61 Å². The molecule has 0 atom stereocenters. The monoisotopic (exact) mass is 464 g/mol. The van der Waals surface area contributed by atoms with Crippen LogP contribution in [0.3, 0.4) is 0 Å². The second-order valence-electron chi connectivity index (χ2n) is 7.12. The fourth-order valence-corrected chi connectivity index (χ4v) is 2.87. The first-order chi connectivity index (χ1) is 16.2. The quantitative estimate of drug-likeness (QED) is 0.280. The van der Waals surface area contributed by atoms with Crippen LogP contribution in [-0.2, 0) is 4.79 Å². The standard InChI is InChI=1S/C23H20N4O7/c1-15-5-3-8-21(16(15)2)33-14-23(28)25-24-13-17-6-4-7-19(11-17)34-22-10-9-18(26(29)30)12-20(22)27(31)32/h3-13H,14H2,1-2H3,(H,25,28)/b24-13+. The molecule has 0 heterocycles. The summed E-state index contributed by atoms with van der Waals surface area (Å²) in [6.45, 7) is 3.64. The average Bonchev–Trinajstić information content (AvgIpc) is 2.80. The number of nitrogens with one attached hydrogen (secondary N) is 1. The molecule has 0 aliphatic heterocycles. The molecule has 1 N–H and O–H groups in total. The number of rotatable bonds is 9. The van der Waals surface area contributed by atoms with Crippen molar-refractivity contribution < 1.29 is 24.1 Å². The minimum atomic E-state index is -0.760. The van der Waals surface area contributed by atoms with Gasteiger partial charge in [-0.25, -0.2) is 5.43 Å². The van der Waals surface area contributed by atoms with Gasteiger partial charge in [0, 0.05) is 6.07 Å². The molecule has 0 saturated heterocycles. The largest absolute Gasteiger partial charge is 0.483 e. The summed E-state index contributed by atoms with van der Waals surface area (Å²) in [7, 11) is 0. The van der Waals surface area contributed by atoms with Gasteiger partial charge >= 0.3 is 5.69 Å². The summed E-state index contributed by atoms with van der Waals surface area (Å²) >= 11 is 0. The maximum atomic E-state index is 12.0. The van der Waals surface area contributed by atoms with Crippen LogP contribution >= 0.6 is 0 Å². The lowest BCUT2D eigenvalue weighted by Gasteiger charge is -2.09. The summed E-state index contributed by atoms with van der Waals surface area (Å²) in [6.07, 6.45) is 1.37. The number of carbonyl (C=O) groups excluding carboxylic acids is 1. The van der Waals surface area contributed by atoms with Gasteiger partial charge in [0.05, 0.1) is 22.1 Å². The number of aryl methyl sites for hydroxylation is 1. The van der Waals surface area contributed by atoms with Crippen LogP contribution in [0.5, 0.6) is 17.2 Å². The molecule has 1 amide bonds. The Morgan fingerprint density at radius 1 is 1.00 bits per heavy atom. The van der Waals surface area contributed by atoms with Gasteiger partial charge in [-0.15, -0.1) is 0 Å². The van der Waals surface area contributed by atoms with E-state index >= 15 is 0 Å². The van der Waals surface area contributed by atoms with E-state index in [0.717, 1.165) is 29.3 Å². The van der Waals surface area contributed by atoms with Crippen LogP contribution in [0.2, 0.25) is 0 Å². The highest BCUT2D eigenvalue weighted by Gasteiger charge is 2.21. The minimum Gasteiger partial charge on any atom is -0.483 e. The number of hydrogen-bond donors (Lipinski definition) is 1. The minimum absolute atomic E-state index is 0.151. The van der Waals surface area contributed by atoms with Crippen molar-refractivity contribution >= 4 is 23.5 Å². The van der Waals surface area contributed by atoms with Crippen LogP contribution < -0.4 is 14.9 Å². The molecule has 0 bridgehead atoms. The third-order valence-corrected chi connectivity index (χ3v) is 4.75. The Bertz CT molecular complexity index is 1270. The van der Waals surface area contributed by atoms with Crippen LogP contribution in [-0.4, -0.2) is 28.6 Å². The zero-order valence-corrected chi connectivity index (χ0v) is 18.3. The number of nitrogens with zero attached hydrogens (tertiary/aromatic N) is 3. The third kappa shape index (κ3) is 6.13. The van der Waals surface area contributed by atoms with E-state index in [1.54, 1.807) is 24.3 Å².